The molecule has 102 valence electrons. The maximum atomic E-state index is 11.9. The number of aliphatic hydroxyl groups is 1. The zero-order valence-electron chi connectivity index (χ0n) is 11.4. The number of hydrogen-bond acceptors (Lipinski definition) is 3. The Kier molecular flexibility index (Phi) is 6.65. The van der Waals surface area contributed by atoms with Gasteiger partial charge in [0, 0.05) is 24.2 Å². The lowest BCUT2D eigenvalue weighted by atomic mass is 10.1. The van der Waals surface area contributed by atoms with Gasteiger partial charge in [-0.2, -0.15) is 0 Å². The highest BCUT2D eigenvalue weighted by Crippen LogP contribution is 2.03. The molecule has 0 aliphatic rings. The summed E-state index contributed by atoms with van der Waals surface area (Å²) in [6, 6.07) is 7.07. The standard InChI is InChI=1S/C15H20N2O2/c1-3-17(2)10-9-16-15(19)14-8-4-6-13(12-14)7-5-11-18/h4,6,8,12,18H,3,9-11H2,1-2H3,(H,16,19). The third-order valence-corrected chi connectivity index (χ3v) is 2.76. The molecule has 4 heteroatoms. The molecule has 0 aromatic heterocycles. The zero-order chi connectivity index (χ0) is 14.1. The molecule has 0 heterocycles. The number of carbonyl (C=O) groups excluding carboxylic acids is 1. The molecular weight excluding hydrogens is 240 g/mol. The molecule has 2 N–H and O–H groups in total. The molecule has 0 aliphatic carbocycles. The minimum atomic E-state index is -0.181. The number of amides is 1. The number of aliphatic hydroxyl groups excluding tert-OH is 1. The summed E-state index contributed by atoms with van der Waals surface area (Å²) in [6.07, 6.45) is 0. The lowest BCUT2D eigenvalue weighted by Crippen LogP contribution is -2.32. The Balaban J connectivity index is 2.57. The maximum Gasteiger partial charge on any atom is 0.251 e. The molecule has 0 bridgehead atoms. The van der Waals surface area contributed by atoms with E-state index in [9.17, 15) is 4.79 Å². The first-order valence-electron chi connectivity index (χ1n) is 6.34. The van der Waals surface area contributed by atoms with Crippen molar-refractivity contribution in [2.75, 3.05) is 33.3 Å². The fourth-order valence-electron chi connectivity index (χ4n) is 1.50. The largest absolute Gasteiger partial charge is 0.384 e. The Bertz CT molecular complexity index is 475. The van der Waals surface area contributed by atoms with E-state index in [2.05, 4.69) is 29.0 Å². The molecule has 4 nitrogen and oxygen atoms in total. The first-order valence-corrected chi connectivity index (χ1v) is 6.34. The van der Waals surface area contributed by atoms with Crippen LogP contribution in [0.25, 0.3) is 0 Å². The van der Waals surface area contributed by atoms with Crippen molar-refractivity contribution in [2.24, 2.45) is 0 Å². The highest BCUT2D eigenvalue weighted by Gasteiger charge is 2.05. The number of nitrogens with zero attached hydrogens (tertiary/aromatic N) is 1. The Labute approximate surface area is 114 Å². The van der Waals surface area contributed by atoms with Gasteiger partial charge in [-0.25, -0.2) is 0 Å². The number of rotatable bonds is 5. The predicted molar refractivity (Wildman–Crippen MR) is 75.9 cm³/mol. The number of nitrogens with one attached hydrogen (secondary N) is 1. The van der Waals surface area contributed by atoms with Gasteiger partial charge < -0.3 is 15.3 Å². The molecule has 19 heavy (non-hydrogen) atoms. The van der Waals surface area contributed by atoms with E-state index in [4.69, 9.17) is 5.11 Å². The summed E-state index contributed by atoms with van der Waals surface area (Å²) in [6.45, 7) is 4.30. The van der Waals surface area contributed by atoms with Crippen molar-refractivity contribution in [2.45, 2.75) is 6.92 Å². The van der Waals surface area contributed by atoms with Crippen molar-refractivity contribution < 1.29 is 9.90 Å². The van der Waals surface area contributed by atoms with Gasteiger partial charge >= 0.3 is 0 Å². The van der Waals surface area contributed by atoms with E-state index in [1.165, 1.54) is 0 Å². The van der Waals surface area contributed by atoms with Gasteiger partial charge in [0.1, 0.15) is 6.61 Å². The van der Waals surface area contributed by atoms with E-state index >= 15 is 0 Å². The summed E-state index contributed by atoms with van der Waals surface area (Å²) >= 11 is 0. The van der Waals surface area contributed by atoms with Gasteiger partial charge in [0.05, 0.1) is 0 Å². The van der Waals surface area contributed by atoms with Gasteiger partial charge in [-0.3, -0.25) is 4.79 Å². The van der Waals surface area contributed by atoms with Gasteiger partial charge in [-0.05, 0) is 31.8 Å². The predicted octanol–water partition coefficient (Wildman–Crippen LogP) is 0.712. The highest BCUT2D eigenvalue weighted by molar-refractivity contribution is 5.94. The van der Waals surface area contributed by atoms with Crippen molar-refractivity contribution >= 4 is 5.91 Å². The van der Waals surface area contributed by atoms with Crippen molar-refractivity contribution in [3.8, 4) is 11.8 Å². The number of likely N-dealkylation sites (N-methyl/N-ethyl adjacent to an activating group) is 1. The van der Waals surface area contributed by atoms with E-state index in [1.807, 2.05) is 13.1 Å². The SMILES string of the molecule is CCN(C)CCNC(=O)c1cccc(C#CCO)c1. The first-order chi connectivity index (χ1) is 9.17. The van der Waals surface area contributed by atoms with Crippen molar-refractivity contribution in [3.05, 3.63) is 35.4 Å². The molecule has 0 aliphatic heterocycles. The number of carbonyl (C=O) groups is 1. The lowest BCUT2D eigenvalue weighted by molar-refractivity contribution is 0.0950. The van der Waals surface area contributed by atoms with Crippen LogP contribution >= 0.6 is 0 Å². The van der Waals surface area contributed by atoms with Gasteiger partial charge in [-0.1, -0.05) is 24.8 Å². The van der Waals surface area contributed by atoms with E-state index < -0.39 is 0 Å². The quantitative estimate of drug-likeness (QED) is 0.767. The first kappa shape index (κ1) is 15.2. The summed E-state index contributed by atoms with van der Waals surface area (Å²) in [5.74, 6) is 5.25. The fraction of sp³-hybridized carbons (Fsp3) is 0.400. The molecule has 0 atom stereocenters. The molecule has 1 aromatic carbocycles. The monoisotopic (exact) mass is 260 g/mol. The molecule has 0 radical (unpaired) electrons. The Morgan fingerprint density at radius 3 is 2.95 bits per heavy atom. The normalized spacial score (nSPS) is 9.89. The van der Waals surface area contributed by atoms with Crippen LogP contribution in [0.4, 0.5) is 0 Å². The van der Waals surface area contributed by atoms with E-state index in [-0.39, 0.29) is 12.5 Å². The van der Waals surface area contributed by atoms with Crippen LogP contribution in [0, 0.1) is 11.8 Å². The molecule has 0 saturated heterocycles. The van der Waals surface area contributed by atoms with Gasteiger partial charge in [-0.15, -0.1) is 0 Å². The maximum absolute atomic E-state index is 11.9. The van der Waals surface area contributed by atoms with E-state index in [0.29, 0.717) is 12.1 Å². The average Bonchev–Trinajstić information content (AvgIpc) is 2.45. The summed E-state index contributed by atoms with van der Waals surface area (Å²) in [7, 11) is 2.01. The van der Waals surface area contributed by atoms with E-state index in [1.54, 1.807) is 18.2 Å². The van der Waals surface area contributed by atoms with Gasteiger partial charge in [0.15, 0.2) is 0 Å². The highest BCUT2D eigenvalue weighted by atomic mass is 16.2. The van der Waals surface area contributed by atoms with Crippen LogP contribution in [-0.2, 0) is 0 Å². The number of benzene rings is 1. The summed E-state index contributed by atoms with van der Waals surface area (Å²) < 4.78 is 0. The molecule has 0 spiro atoms. The van der Waals surface area contributed by atoms with Crippen LogP contribution in [0.15, 0.2) is 24.3 Å². The van der Waals surface area contributed by atoms with Crippen molar-refractivity contribution in [3.63, 3.8) is 0 Å². The van der Waals surface area contributed by atoms with Gasteiger partial charge in [0.2, 0.25) is 0 Å². The van der Waals surface area contributed by atoms with Crippen LogP contribution in [-0.4, -0.2) is 49.2 Å². The summed E-state index contributed by atoms with van der Waals surface area (Å²) in [5.41, 5.74) is 1.32. The summed E-state index contributed by atoms with van der Waals surface area (Å²) in [4.78, 5) is 14.0. The van der Waals surface area contributed by atoms with Crippen LogP contribution < -0.4 is 5.32 Å². The fourth-order valence-corrected chi connectivity index (χ4v) is 1.50. The minimum Gasteiger partial charge on any atom is -0.384 e. The number of hydrogen-bond donors (Lipinski definition) is 2. The smallest absolute Gasteiger partial charge is 0.251 e. The minimum absolute atomic E-state index is 0.0999. The average molecular weight is 260 g/mol. The molecule has 1 rings (SSSR count). The summed E-state index contributed by atoms with van der Waals surface area (Å²) in [5, 5.41) is 11.5. The second-order valence-corrected chi connectivity index (χ2v) is 4.19. The zero-order valence-corrected chi connectivity index (χ0v) is 11.4. The molecule has 0 fully saturated rings. The van der Waals surface area contributed by atoms with Crippen LogP contribution in [0.1, 0.15) is 22.8 Å². The molecule has 0 saturated carbocycles. The van der Waals surface area contributed by atoms with Crippen molar-refractivity contribution in [1.29, 1.82) is 0 Å². The molecule has 1 amide bonds. The third-order valence-electron chi connectivity index (χ3n) is 2.76. The Morgan fingerprint density at radius 1 is 1.47 bits per heavy atom. The molecule has 1 aromatic rings. The second-order valence-electron chi connectivity index (χ2n) is 4.19. The topological polar surface area (TPSA) is 52.6 Å². The van der Waals surface area contributed by atoms with Crippen LogP contribution in [0.5, 0.6) is 0 Å². The van der Waals surface area contributed by atoms with Crippen LogP contribution in [0.3, 0.4) is 0 Å². The lowest BCUT2D eigenvalue weighted by Gasteiger charge is -2.14. The van der Waals surface area contributed by atoms with Crippen molar-refractivity contribution in [1.82, 2.24) is 10.2 Å². The Hall–Kier alpha value is -1.83. The third kappa shape index (κ3) is 5.56. The molecular formula is C15H20N2O2. The second kappa shape index (κ2) is 8.30. The van der Waals surface area contributed by atoms with Crippen LogP contribution in [0.2, 0.25) is 0 Å². The van der Waals surface area contributed by atoms with E-state index in [0.717, 1.165) is 18.7 Å². The Morgan fingerprint density at radius 2 is 2.26 bits per heavy atom. The molecule has 0 unspecified atom stereocenters. The van der Waals surface area contributed by atoms with Gasteiger partial charge in [0.25, 0.3) is 5.91 Å².